The molecule has 0 bridgehead atoms. The molecule has 0 spiro atoms. The van der Waals surface area contributed by atoms with Crippen molar-refractivity contribution in [2.45, 2.75) is 29.3 Å². The average Bonchev–Trinajstić information content (AvgIpc) is 3.57. The van der Waals surface area contributed by atoms with Crippen LogP contribution in [0.15, 0.2) is 65.6 Å². The van der Waals surface area contributed by atoms with Crippen LogP contribution < -0.4 is 18.5 Å². The standard InChI is InChI=1S/C29H29ClN2O8S/c1-37-19-12-14-26(25(17-19)39-3)41(35,36)32-22-13-11-18(30)16-21(22)29(28(32)34,20-8-5-6-10-24(20)38-2)31-15-7-9-23(31)27(33)40-4/h5-6,8,10-14,16-17,23H,7,9,15H2,1-4H3/t23-,29?/m0/s1. The number of amides is 1. The van der Waals surface area contributed by atoms with Crippen molar-refractivity contribution in [2.24, 2.45) is 0 Å². The second-order valence-electron chi connectivity index (χ2n) is 9.54. The van der Waals surface area contributed by atoms with Crippen LogP contribution in [0.3, 0.4) is 0 Å². The van der Waals surface area contributed by atoms with E-state index in [9.17, 15) is 13.2 Å². The van der Waals surface area contributed by atoms with Gasteiger partial charge in [-0.25, -0.2) is 12.7 Å². The van der Waals surface area contributed by atoms with Crippen molar-refractivity contribution < 1.29 is 37.0 Å². The molecule has 2 atom stereocenters. The highest BCUT2D eigenvalue weighted by Crippen LogP contribution is 2.55. The topological polar surface area (TPSA) is 112 Å². The van der Waals surface area contributed by atoms with Crippen LogP contribution in [0.4, 0.5) is 5.69 Å². The SMILES string of the molecule is COC(=O)[C@@H]1CCCN1C1(c2ccccc2OC)C(=O)N(S(=O)(=O)c2ccc(OC)cc2OC)c2ccc(Cl)cc21. The van der Waals surface area contributed by atoms with E-state index in [0.29, 0.717) is 42.0 Å². The predicted molar refractivity (Wildman–Crippen MR) is 151 cm³/mol. The second kappa shape index (κ2) is 10.9. The third kappa shape index (κ3) is 4.30. The summed E-state index contributed by atoms with van der Waals surface area (Å²) in [4.78, 5) is 29.5. The second-order valence-corrected chi connectivity index (χ2v) is 11.7. The number of rotatable bonds is 8. The minimum absolute atomic E-state index is 0.00364. The molecule has 10 nitrogen and oxygen atoms in total. The van der Waals surface area contributed by atoms with Gasteiger partial charge in [0.1, 0.15) is 28.2 Å². The molecule has 0 aliphatic carbocycles. The van der Waals surface area contributed by atoms with E-state index in [1.807, 2.05) is 0 Å². The average molecular weight is 601 g/mol. The van der Waals surface area contributed by atoms with E-state index in [4.69, 9.17) is 30.5 Å². The highest BCUT2D eigenvalue weighted by molar-refractivity contribution is 7.93. The van der Waals surface area contributed by atoms with Gasteiger partial charge in [-0.3, -0.25) is 14.5 Å². The van der Waals surface area contributed by atoms with E-state index in [2.05, 4.69) is 0 Å². The van der Waals surface area contributed by atoms with Crippen molar-refractivity contribution in [2.75, 3.05) is 39.3 Å². The van der Waals surface area contributed by atoms with Crippen molar-refractivity contribution in [3.05, 3.63) is 76.8 Å². The quantitative estimate of drug-likeness (QED) is 0.354. The summed E-state index contributed by atoms with van der Waals surface area (Å²) in [5.41, 5.74) is -1.04. The molecule has 0 radical (unpaired) electrons. The first kappa shape index (κ1) is 28.7. The van der Waals surface area contributed by atoms with Crippen molar-refractivity contribution >= 4 is 39.2 Å². The fourth-order valence-corrected chi connectivity index (χ4v) is 7.63. The van der Waals surface area contributed by atoms with Crippen LogP contribution >= 0.6 is 11.6 Å². The van der Waals surface area contributed by atoms with Gasteiger partial charge >= 0.3 is 5.97 Å². The van der Waals surface area contributed by atoms with Gasteiger partial charge in [-0.2, -0.15) is 0 Å². The van der Waals surface area contributed by atoms with E-state index in [1.54, 1.807) is 35.2 Å². The number of halogens is 1. The van der Waals surface area contributed by atoms with E-state index < -0.39 is 33.5 Å². The molecular formula is C29H29ClN2O8S. The zero-order valence-electron chi connectivity index (χ0n) is 22.9. The summed E-state index contributed by atoms with van der Waals surface area (Å²) in [6, 6.07) is 14.8. The number of esters is 1. The maximum Gasteiger partial charge on any atom is 0.323 e. The third-order valence-electron chi connectivity index (χ3n) is 7.60. The molecule has 2 aliphatic heterocycles. The lowest BCUT2D eigenvalue weighted by Crippen LogP contribution is -2.58. The number of sulfonamides is 1. The van der Waals surface area contributed by atoms with Crippen molar-refractivity contribution in [1.29, 1.82) is 0 Å². The van der Waals surface area contributed by atoms with E-state index in [0.717, 1.165) is 4.31 Å². The molecular weight excluding hydrogens is 572 g/mol. The first-order chi connectivity index (χ1) is 19.7. The zero-order valence-corrected chi connectivity index (χ0v) is 24.5. The van der Waals surface area contributed by atoms with Gasteiger partial charge < -0.3 is 18.9 Å². The Balaban J connectivity index is 1.85. The number of fused-ring (bicyclic) bond motifs is 1. The molecule has 5 rings (SSSR count). The summed E-state index contributed by atoms with van der Waals surface area (Å²) in [6.45, 7) is 0.301. The van der Waals surface area contributed by atoms with E-state index in [1.165, 1.54) is 58.8 Å². The van der Waals surface area contributed by atoms with Crippen molar-refractivity contribution in [1.82, 2.24) is 4.90 Å². The van der Waals surface area contributed by atoms with Crippen LogP contribution in [0, 0.1) is 0 Å². The van der Waals surface area contributed by atoms with E-state index >= 15 is 4.79 Å². The Labute approximate surface area is 243 Å². The van der Waals surface area contributed by atoms with Crippen LogP contribution in [-0.4, -0.2) is 66.2 Å². The number of anilines is 1. The summed E-state index contributed by atoms with van der Waals surface area (Å²) in [6.07, 6.45) is 0.977. The van der Waals surface area contributed by atoms with Crippen molar-refractivity contribution in [3.63, 3.8) is 0 Å². The van der Waals surface area contributed by atoms with Gasteiger partial charge in [0.05, 0.1) is 34.1 Å². The minimum Gasteiger partial charge on any atom is -0.497 e. The number of benzene rings is 3. The molecule has 2 aliphatic rings. The van der Waals surface area contributed by atoms with Crippen molar-refractivity contribution in [3.8, 4) is 17.2 Å². The molecule has 0 N–H and O–H groups in total. The highest BCUT2D eigenvalue weighted by Gasteiger charge is 2.63. The lowest BCUT2D eigenvalue weighted by atomic mass is 9.81. The Morgan fingerprint density at radius 2 is 1.66 bits per heavy atom. The maximum absolute atomic E-state index is 15.0. The van der Waals surface area contributed by atoms with Gasteiger partial charge in [0.2, 0.25) is 0 Å². The summed E-state index contributed by atoms with van der Waals surface area (Å²) in [5.74, 6) is -0.638. The van der Waals surface area contributed by atoms with Crippen LogP contribution in [0.25, 0.3) is 0 Å². The third-order valence-corrected chi connectivity index (χ3v) is 9.58. The molecule has 3 aromatic rings. The number of methoxy groups -OCH3 is 4. The molecule has 1 unspecified atom stereocenters. The Kier molecular flexibility index (Phi) is 7.62. The Morgan fingerprint density at radius 3 is 2.34 bits per heavy atom. The Morgan fingerprint density at radius 1 is 0.927 bits per heavy atom. The molecule has 41 heavy (non-hydrogen) atoms. The molecule has 216 valence electrons. The monoisotopic (exact) mass is 600 g/mol. The van der Waals surface area contributed by atoms with Crippen LogP contribution in [0.5, 0.6) is 17.2 Å². The molecule has 1 fully saturated rings. The fourth-order valence-electron chi connectivity index (χ4n) is 5.86. The van der Waals surface area contributed by atoms with Gasteiger partial charge in [0.25, 0.3) is 15.9 Å². The molecule has 12 heteroatoms. The molecule has 0 aromatic heterocycles. The van der Waals surface area contributed by atoms with Crippen LogP contribution in [0.1, 0.15) is 24.0 Å². The summed E-state index contributed by atoms with van der Waals surface area (Å²) < 4.78 is 51.1. The smallest absolute Gasteiger partial charge is 0.323 e. The van der Waals surface area contributed by atoms with Gasteiger partial charge in [-0.1, -0.05) is 29.8 Å². The van der Waals surface area contributed by atoms with Gasteiger partial charge in [-0.05, 0) is 49.2 Å². The summed E-state index contributed by atoms with van der Waals surface area (Å²) in [5, 5.41) is 0.283. The predicted octanol–water partition coefficient (Wildman–Crippen LogP) is 3.98. The molecule has 3 aromatic carbocycles. The number of carbonyl (C=O) groups excluding carboxylic acids is 2. The van der Waals surface area contributed by atoms with Crippen LogP contribution in [-0.2, 0) is 29.9 Å². The number of nitrogens with zero attached hydrogens (tertiary/aromatic N) is 2. The highest BCUT2D eigenvalue weighted by atomic mass is 35.5. The summed E-state index contributed by atoms with van der Waals surface area (Å²) in [7, 11) is 0.943. The first-order valence-electron chi connectivity index (χ1n) is 12.8. The number of hydrogen-bond donors (Lipinski definition) is 0. The number of likely N-dealkylation sites (tertiary alicyclic amines) is 1. The summed E-state index contributed by atoms with van der Waals surface area (Å²) >= 11 is 6.50. The minimum atomic E-state index is -4.58. The largest absolute Gasteiger partial charge is 0.497 e. The fraction of sp³-hybridized carbons (Fsp3) is 0.310. The number of ether oxygens (including phenoxy) is 4. The van der Waals surface area contributed by atoms with Gasteiger partial charge in [0, 0.05) is 28.8 Å². The molecule has 2 heterocycles. The van der Waals surface area contributed by atoms with Gasteiger partial charge in [-0.15, -0.1) is 0 Å². The van der Waals surface area contributed by atoms with E-state index in [-0.39, 0.29) is 21.4 Å². The molecule has 1 amide bonds. The molecule has 1 saturated heterocycles. The Hall–Kier alpha value is -3.80. The lowest BCUT2D eigenvalue weighted by Gasteiger charge is -2.41. The normalized spacial score (nSPS) is 20.6. The number of carbonyl (C=O) groups is 2. The lowest BCUT2D eigenvalue weighted by molar-refractivity contribution is -0.149. The first-order valence-corrected chi connectivity index (χ1v) is 14.6. The van der Waals surface area contributed by atoms with Crippen LogP contribution in [0.2, 0.25) is 5.02 Å². The molecule has 0 saturated carbocycles. The van der Waals surface area contributed by atoms with Gasteiger partial charge in [0.15, 0.2) is 5.54 Å². The Bertz CT molecular complexity index is 1630. The number of hydrogen-bond acceptors (Lipinski definition) is 9. The zero-order chi connectivity index (χ0) is 29.5. The number of para-hydroxylation sites is 1. The maximum atomic E-state index is 15.0.